The molecule has 0 radical (unpaired) electrons. The molecule has 9 heteroatoms. The summed E-state index contributed by atoms with van der Waals surface area (Å²) in [6.07, 6.45) is 1.61. The molecule has 29 heavy (non-hydrogen) atoms. The first-order chi connectivity index (χ1) is 13.8. The molecule has 0 aliphatic heterocycles. The van der Waals surface area contributed by atoms with Crippen LogP contribution in [0.25, 0.3) is 10.9 Å². The maximum atomic E-state index is 13.0. The molecule has 2 heterocycles. The molecule has 0 saturated heterocycles. The van der Waals surface area contributed by atoms with Gasteiger partial charge in [-0.25, -0.2) is 9.78 Å². The van der Waals surface area contributed by atoms with Crippen molar-refractivity contribution in [3.63, 3.8) is 0 Å². The normalized spacial score (nSPS) is 12.2. The van der Waals surface area contributed by atoms with Gasteiger partial charge in [-0.2, -0.15) is 0 Å². The fourth-order valence-corrected chi connectivity index (χ4v) is 3.47. The van der Waals surface area contributed by atoms with Gasteiger partial charge in [-0.3, -0.25) is 9.59 Å². The number of ether oxygens (including phenoxy) is 2. The molecular weight excluding hydrogens is 394 g/mol. The summed E-state index contributed by atoms with van der Waals surface area (Å²) in [6.45, 7) is 3.60. The van der Waals surface area contributed by atoms with Gasteiger partial charge in [0, 0.05) is 17.0 Å². The third-order valence-corrected chi connectivity index (χ3v) is 5.30. The van der Waals surface area contributed by atoms with Crippen LogP contribution in [0, 0.1) is 5.92 Å². The molecule has 3 rings (SSSR count). The molecule has 0 aliphatic carbocycles. The van der Waals surface area contributed by atoms with Crippen molar-refractivity contribution in [1.29, 1.82) is 0 Å². The summed E-state index contributed by atoms with van der Waals surface area (Å²) >= 11 is 1.07. The monoisotopic (exact) mass is 415 g/mol. The average molecular weight is 415 g/mol. The van der Waals surface area contributed by atoms with Gasteiger partial charge in [0.05, 0.1) is 18.2 Å². The zero-order chi connectivity index (χ0) is 21.1. The SMILES string of the molecule is COC(=O)c1csc(C(=O)c2cn(COC(=O)C(N)C(C)C)c3ccccc23)n1. The number of methoxy groups -OCH3 is 1. The smallest absolute Gasteiger partial charge is 0.357 e. The lowest BCUT2D eigenvalue weighted by Crippen LogP contribution is -2.37. The number of benzene rings is 1. The summed E-state index contributed by atoms with van der Waals surface area (Å²) in [6, 6.07) is 6.55. The van der Waals surface area contributed by atoms with E-state index < -0.39 is 18.0 Å². The largest absolute Gasteiger partial charge is 0.464 e. The molecule has 1 unspecified atom stereocenters. The number of para-hydroxylation sites is 1. The number of esters is 2. The van der Waals surface area contributed by atoms with Gasteiger partial charge >= 0.3 is 11.9 Å². The predicted octanol–water partition coefficient (Wildman–Crippen LogP) is 2.60. The van der Waals surface area contributed by atoms with Crippen LogP contribution in [0.3, 0.4) is 0 Å². The molecule has 3 aromatic rings. The van der Waals surface area contributed by atoms with Gasteiger partial charge in [0.25, 0.3) is 0 Å². The first kappa shape index (κ1) is 20.7. The van der Waals surface area contributed by atoms with E-state index in [2.05, 4.69) is 9.72 Å². The van der Waals surface area contributed by atoms with Crippen LogP contribution in [0.4, 0.5) is 0 Å². The Morgan fingerprint density at radius 1 is 1.24 bits per heavy atom. The maximum absolute atomic E-state index is 13.0. The van der Waals surface area contributed by atoms with Crippen LogP contribution in [-0.4, -0.2) is 40.4 Å². The number of nitrogens with two attached hydrogens (primary N) is 1. The van der Waals surface area contributed by atoms with Crippen LogP contribution in [-0.2, 0) is 21.0 Å². The Morgan fingerprint density at radius 3 is 2.66 bits per heavy atom. The topological polar surface area (TPSA) is 114 Å². The minimum atomic E-state index is -0.718. The molecule has 0 saturated carbocycles. The van der Waals surface area contributed by atoms with Crippen LogP contribution in [0.2, 0.25) is 0 Å². The van der Waals surface area contributed by atoms with Gasteiger partial charge in [0.2, 0.25) is 5.78 Å². The van der Waals surface area contributed by atoms with E-state index in [-0.39, 0.29) is 29.1 Å². The number of aromatic nitrogens is 2. The number of hydrogen-bond donors (Lipinski definition) is 1. The molecule has 2 N–H and O–H groups in total. The average Bonchev–Trinajstić information content (AvgIpc) is 3.35. The second-order valence-corrected chi connectivity index (χ2v) is 7.61. The Hall–Kier alpha value is -3.04. The number of hydrogen-bond acceptors (Lipinski definition) is 8. The highest BCUT2D eigenvalue weighted by molar-refractivity contribution is 7.12. The lowest BCUT2D eigenvalue weighted by atomic mass is 10.1. The Kier molecular flexibility index (Phi) is 6.09. The molecule has 1 aromatic carbocycles. The van der Waals surface area contributed by atoms with Crippen LogP contribution < -0.4 is 5.73 Å². The second-order valence-electron chi connectivity index (χ2n) is 6.75. The number of carbonyl (C=O) groups is 3. The molecule has 8 nitrogen and oxygen atoms in total. The third kappa shape index (κ3) is 4.20. The molecule has 2 aromatic heterocycles. The molecule has 1 atom stereocenters. The first-order valence-corrected chi connectivity index (χ1v) is 9.80. The van der Waals surface area contributed by atoms with Crippen molar-refractivity contribution in [2.75, 3.05) is 7.11 Å². The van der Waals surface area contributed by atoms with E-state index in [0.29, 0.717) is 10.9 Å². The Balaban J connectivity index is 1.89. The van der Waals surface area contributed by atoms with Crippen molar-refractivity contribution < 1.29 is 23.9 Å². The van der Waals surface area contributed by atoms with Crippen LogP contribution in [0.1, 0.15) is 39.7 Å². The summed E-state index contributed by atoms with van der Waals surface area (Å²) in [5, 5.41) is 2.34. The highest BCUT2D eigenvalue weighted by Crippen LogP contribution is 2.25. The number of fused-ring (bicyclic) bond motifs is 1. The summed E-state index contributed by atoms with van der Waals surface area (Å²) < 4.78 is 11.6. The van der Waals surface area contributed by atoms with Crippen LogP contribution >= 0.6 is 11.3 Å². The van der Waals surface area contributed by atoms with Crippen LogP contribution in [0.15, 0.2) is 35.8 Å². The maximum Gasteiger partial charge on any atom is 0.357 e. The zero-order valence-electron chi connectivity index (χ0n) is 16.2. The van der Waals surface area contributed by atoms with Crippen LogP contribution in [0.5, 0.6) is 0 Å². The van der Waals surface area contributed by atoms with E-state index in [1.54, 1.807) is 16.8 Å². The van der Waals surface area contributed by atoms with Gasteiger partial charge < -0.3 is 19.8 Å². The van der Waals surface area contributed by atoms with Crippen molar-refractivity contribution in [3.05, 3.63) is 52.1 Å². The minimum absolute atomic E-state index is 0.0463. The molecule has 152 valence electrons. The van der Waals surface area contributed by atoms with Crippen molar-refractivity contribution in [2.24, 2.45) is 11.7 Å². The fourth-order valence-electron chi connectivity index (χ4n) is 2.73. The Morgan fingerprint density at radius 2 is 1.97 bits per heavy atom. The van der Waals surface area contributed by atoms with E-state index in [4.69, 9.17) is 10.5 Å². The van der Waals surface area contributed by atoms with E-state index >= 15 is 0 Å². The number of thiazole rings is 1. The molecular formula is C20H21N3O5S. The summed E-state index contributed by atoms with van der Waals surface area (Å²) in [5.41, 5.74) is 7.03. The van der Waals surface area contributed by atoms with Gasteiger partial charge in [0.1, 0.15) is 6.04 Å². The zero-order valence-corrected chi connectivity index (χ0v) is 17.1. The lowest BCUT2D eigenvalue weighted by Gasteiger charge is -2.15. The predicted molar refractivity (Wildman–Crippen MR) is 108 cm³/mol. The molecule has 0 amide bonds. The number of carbonyl (C=O) groups excluding carboxylic acids is 3. The van der Waals surface area contributed by atoms with E-state index in [1.807, 2.05) is 32.0 Å². The summed E-state index contributed by atoms with van der Waals surface area (Å²) in [7, 11) is 1.25. The fraction of sp³-hybridized carbons (Fsp3) is 0.300. The molecule has 0 aliphatic rings. The Bertz CT molecular complexity index is 1070. The highest BCUT2D eigenvalue weighted by atomic mass is 32.1. The van der Waals surface area contributed by atoms with Gasteiger partial charge in [-0.1, -0.05) is 32.0 Å². The van der Waals surface area contributed by atoms with Crippen molar-refractivity contribution >= 4 is 40.0 Å². The van der Waals surface area contributed by atoms with Gasteiger partial charge in [-0.15, -0.1) is 11.3 Å². The highest BCUT2D eigenvalue weighted by Gasteiger charge is 2.23. The summed E-state index contributed by atoms with van der Waals surface area (Å²) in [4.78, 5) is 40.7. The van der Waals surface area contributed by atoms with Crippen molar-refractivity contribution in [2.45, 2.75) is 26.6 Å². The lowest BCUT2D eigenvalue weighted by molar-refractivity contribution is -0.150. The third-order valence-electron chi connectivity index (χ3n) is 4.46. The molecule has 0 spiro atoms. The van der Waals surface area contributed by atoms with Gasteiger partial charge in [0.15, 0.2) is 17.4 Å². The van der Waals surface area contributed by atoms with Crippen molar-refractivity contribution in [1.82, 2.24) is 9.55 Å². The molecule has 0 fully saturated rings. The first-order valence-electron chi connectivity index (χ1n) is 8.92. The quantitative estimate of drug-likeness (QED) is 0.466. The number of nitrogens with zero attached hydrogens (tertiary/aromatic N) is 2. The minimum Gasteiger partial charge on any atom is -0.464 e. The van der Waals surface area contributed by atoms with E-state index in [9.17, 15) is 14.4 Å². The summed E-state index contributed by atoms with van der Waals surface area (Å²) in [5.74, 6) is -1.48. The number of ketones is 1. The number of rotatable bonds is 7. The standard InChI is InChI=1S/C20H21N3O5S/c1-11(2)16(21)20(26)28-10-23-8-13(12-6-4-5-7-15(12)23)17(24)18-22-14(9-29-18)19(25)27-3/h4-9,11,16H,10,21H2,1-3H3. The van der Waals surface area contributed by atoms with Gasteiger partial charge in [-0.05, 0) is 12.0 Å². The second kappa shape index (κ2) is 8.54. The van der Waals surface area contributed by atoms with E-state index in [1.165, 1.54) is 12.5 Å². The Labute approximate surface area is 171 Å². The van der Waals surface area contributed by atoms with E-state index in [0.717, 1.165) is 16.9 Å². The van der Waals surface area contributed by atoms with Crippen molar-refractivity contribution in [3.8, 4) is 0 Å². The molecule has 0 bridgehead atoms.